The summed E-state index contributed by atoms with van der Waals surface area (Å²) in [5.74, 6) is 0.574. The lowest BCUT2D eigenvalue weighted by molar-refractivity contribution is 0.818. The molecule has 0 bridgehead atoms. The number of hydrogen-bond donors (Lipinski definition) is 2. The molecule has 3 N–H and O–H groups in total. The standard InChI is InChI=1S/C9H17N5/c1-3-7-8(4-2)13-14-9(12-7)11-6-5-10/h3-6,10H2,1-2H3,(H,11,12,14). The minimum Gasteiger partial charge on any atom is -0.352 e. The highest BCUT2D eigenvalue weighted by Gasteiger charge is 2.04. The lowest BCUT2D eigenvalue weighted by Gasteiger charge is -2.06. The predicted octanol–water partition coefficient (Wildman–Crippen LogP) is 0.367. The Morgan fingerprint density at radius 2 is 1.86 bits per heavy atom. The molecule has 14 heavy (non-hydrogen) atoms. The summed E-state index contributed by atoms with van der Waals surface area (Å²) in [5, 5.41) is 11.1. The van der Waals surface area contributed by atoms with Crippen molar-refractivity contribution in [2.24, 2.45) is 5.73 Å². The lowest BCUT2D eigenvalue weighted by Crippen LogP contribution is -2.16. The Balaban J connectivity index is 2.79. The summed E-state index contributed by atoms with van der Waals surface area (Å²) in [6.45, 7) is 5.37. The van der Waals surface area contributed by atoms with E-state index >= 15 is 0 Å². The maximum absolute atomic E-state index is 5.36. The molecule has 0 atom stereocenters. The zero-order valence-electron chi connectivity index (χ0n) is 8.75. The molecule has 0 spiro atoms. The summed E-state index contributed by atoms with van der Waals surface area (Å²) < 4.78 is 0. The van der Waals surface area contributed by atoms with Crippen LogP contribution in [0.2, 0.25) is 0 Å². The zero-order valence-corrected chi connectivity index (χ0v) is 8.75. The summed E-state index contributed by atoms with van der Waals surface area (Å²) in [6, 6.07) is 0. The van der Waals surface area contributed by atoms with Crippen LogP contribution >= 0.6 is 0 Å². The molecular weight excluding hydrogens is 178 g/mol. The van der Waals surface area contributed by atoms with Gasteiger partial charge < -0.3 is 11.1 Å². The molecule has 78 valence electrons. The topological polar surface area (TPSA) is 76.7 Å². The molecule has 1 rings (SSSR count). The monoisotopic (exact) mass is 195 g/mol. The lowest BCUT2D eigenvalue weighted by atomic mass is 10.2. The van der Waals surface area contributed by atoms with Crippen molar-refractivity contribution < 1.29 is 0 Å². The average molecular weight is 195 g/mol. The van der Waals surface area contributed by atoms with Crippen LogP contribution in [0.5, 0.6) is 0 Å². The van der Waals surface area contributed by atoms with Gasteiger partial charge in [-0.25, -0.2) is 4.98 Å². The van der Waals surface area contributed by atoms with Crippen molar-refractivity contribution in [3.8, 4) is 0 Å². The Morgan fingerprint density at radius 1 is 1.14 bits per heavy atom. The molecule has 0 fully saturated rings. The van der Waals surface area contributed by atoms with E-state index < -0.39 is 0 Å². The summed E-state index contributed by atoms with van der Waals surface area (Å²) in [7, 11) is 0. The number of nitrogens with one attached hydrogen (secondary N) is 1. The van der Waals surface area contributed by atoms with Crippen LogP contribution in [-0.4, -0.2) is 28.3 Å². The van der Waals surface area contributed by atoms with Crippen LogP contribution in [-0.2, 0) is 12.8 Å². The maximum Gasteiger partial charge on any atom is 0.243 e. The molecule has 0 saturated heterocycles. The minimum atomic E-state index is 0.570. The molecule has 0 radical (unpaired) electrons. The fraction of sp³-hybridized carbons (Fsp3) is 0.667. The van der Waals surface area contributed by atoms with Gasteiger partial charge in [-0.1, -0.05) is 13.8 Å². The van der Waals surface area contributed by atoms with E-state index in [1.807, 2.05) is 0 Å². The number of nitrogens with two attached hydrogens (primary N) is 1. The molecule has 0 aliphatic heterocycles. The smallest absolute Gasteiger partial charge is 0.243 e. The molecule has 0 saturated carbocycles. The highest BCUT2D eigenvalue weighted by Crippen LogP contribution is 2.06. The van der Waals surface area contributed by atoms with Crippen LogP contribution in [0, 0.1) is 0 Å². The molecule has 0 aromatic carbocycles. The second kappa shape index (κ2) is 5.49. The Labute approximate surface area is 84.1 Å². The Hall–Kier alpha value is -1.23. The number of aromatic nitrogens is 3. The van der Waals surface area contributed by atoms with E-state index in [0.29, 0.717) is 19.0 Å². The van der Waals surface area contributed by atoms with Gasteiger partial charge in [0.05, 0.1) is 11.4 Å². The fourth-order valence-electron chi connectivity index (χ4n) is 1.20. The predicted molar refractivity (Wildman–Crippen MR) is 56.1 cm³/mol. The van der Waals surface area contributed by atoms with Gasteiger partial charge in [0, 0.05) is 13.1 Å². The van der Waals surface area contributed by atoms with Crippen LogP contribution in [0.3, 0.4) is 0 Å². The van der Waals surface area contributed by atoms with E-state index in [9.17, 15) is 0 Å². The number of nitrogens with zero attached hydrogens (tertiary/aromatic N) is 3. The molecule has 1 aromatic heterocycles. The number of hydrogen-bond acceptors (Lipinski definition) is 5. The Bertz CT molecular complexity index is 287. The highest BCUT2D eigenvalue weighted by atomic mass is 15.2. The van der Waals surface area contributed by atoms with E-state index in [-0.39, 0.29) is 0 Å². The van der Waals surface area contributed by atoms with Crippen molar-refractivity contribution >= 4 is 5.95 Å². The second-order valence-corrected chi connectivity index (χ2v) is 2.95. The first-order chi connectivity index (χ1) is 6.81. The van der Waals surface area contributed by atoms with Gasteiger partial charge in [-0.3, -0.25) is 0 Å². The fourth-order valence-corrected chi connectivity index (χ4v) is 1.20. The molecule has 5 heteroatoms. The number of anilines is 1. The van der Waals surface area contributed by atoms with Crippen LogP contribution in [0.25, 0.3) is 0 Å². The molecule has 5 nitrogen and oxygen atoms in total. The van der Waals surface area contributed by atoms with Gasteiger partial charge in [0.15, 0.2) is 0 Å². The minimum absolute atomic E-state index is 0.570. The molecule has 0 amide bonds. The summed E-state index contributed by atoms with van der Waals surface area (Å²) in [5.41, 5.74) is 7.36. The van der Waals surface area contributed by atoms with E-state index in [2.05, 4.69) is 34.3 Å². The third kappa shape index (κ3) is 2.63. The third-order valence-corrected chi connectivity index (χ3v) is 1.94. The van der Waals surface area contributed by atoms with Gasteiger partial charge in [0.25, 0.3) is 0 Å². The summed E-state index contributed by atoms with van der Waals surface area (Å²) in [4.78, 5) is 4.36. The van der Waals surface area contributed by atoms with Gasteiger partial charge in [-0.05, 0) is 12.8 Å². The van der Waals surface area contributed by atoms with Gasteiger partial charge in [-0.15, -0.1) is 5.10 Å². The second-order valence-electron chi connectivity index (χ2n) is 2.95. The van der Waals surface area contributed by atoms with E-state index in [1.54, 1.807) is 0 Å². The van der Waals surface area contributed by atoms with E-state index in [4.69, 9.17) is 5.73 Å². The quantitative estimate of drug-likeness (QED) is 0.709. The number of rotatable bonds is 5. The van der Waals surface area contributed by atoms with E-state index in [0.717, 1.165) is 24.2 Å². The van der Waals surface area contributed by atoms with Crippen LogP contribution in [0.15, 0.2) is 0 Å². The first-order valence-corrected chi connectivity index (χ1v) is 4.98. The van der Waals surface area contributed by atoms with Crippen molar-refractivity contribution in [2.75, 3.05) is 18.4 Å². The first-order valence-electron chi connectivity index (χ1n) is 4.98. The van der Waals surface area contributed by atoms with Crippen molar-refractivity contribution in [2.45, 2.75) is 26.7 Å². The Morgan fingerprint density at radius 3 is 2.43 bits per heavy atom. The SMILES string of the molecule is CCc1nnc(NCCN)nc1CC. The largest absolute Gasteiger partial charge is 0.352 e. The van der Waals surface area contributed by atoms with Crippen LogP contribution in [0.1, 0.15) is 25.2 Å². The van der Waals surface area contributed by atoms with E-state index in [1.165, 1.54) is 0 Å². The highest BCUT2D eigenvalue weighted by molar-refractivity contribution is 5.25. The molecular formula is C9H17N5. The van der Waals surface area contributed by atoms with Crippen LogP contribution in [0.4, 0.5) is 5.95 Å². The zero-order chi connectivity index (χ0) is 10.4. The van der Waals surface area contributed by atoms with Crippen molar-refractivity contribution in [1.29, 1.82) is 0 Å². The summed E-state index contributed by atoms with van der Waals surface area (Å²) in [6.07, 6.45) is 1.76. The molecule has 1 heterocycles. The van der Waals surface area contributed by atoms with Crippen molar-refractivity contribution in [3.05, 3.63) is 11.4 Å². The first kappa shape index (κ1) is 10.8. The van der Waals surface area contributed by atoms with Gasteiger partial charge >= 0.3 is 0 Å². The van der Waals surface area contributed by atoms with Gasteiger partial charge in [0.1, 0.15) is 0 Å². The average Bonchev–Trinajstić information content (AvgIpc) is 2.25. The maximum atomic E-state index is 5.36. The molecule has 1 aromatic rings. The van der Waals surface area contributed by atoms with Crippen LogP contribution < -0.4 is 11.1 Å². The van der Waals surface area contributed by atoms with Gasteiger partial charge in [-0.2, -0.15) is 5.10 Å². The van der Waals surface area contributed by atoms with Gasteiger partial charge in [0.2, 0.25) is 5.95 Å². The normalized spacial score (nSPS) is 10.2. The Kier molecular flexibility index (Phi) is 4.25. The molecule has 0 unspecified atom stereocenters. The third-order valence-electron chi connectivity index (χ3n) is 1.94. The number of aryl methyl sites for hydroxylation is 2. The van der Waals surface area contributed by atoms with Crippen molar-refractivity contribution in [1.82, 2.24) is 15.2 Å². The molecule has 0 aliphatic rings. The van der Waals surface area contributed by atoms with Crippen molar-refractivity contribution in [3.63, 3.8) is 0 Å². The summed E-state index contributed by atoms with van der Waals surface area (Å²) >= 11 is 0. The molecule has 0 aliphatic carbocycles.